The number of nitrogens with zero attached hydrogens (tertiary/aromatic N) is 3. The second kappa shape index (κ2) is 6.21. The average molecular weight is 289 g/mol. The monoisotopic (exact) mass is 289 g/mol. The van der Waals surface area contributed by atoms with E-state index in [9.17, 15) is 13.6 Å². The summed E-state index contributed by atoms with van der Waals surface area (Å²) in [6.45, 7) is 1.81. The van der Waals surface area contributed by atoms with Gasteiger partial charge in [-0.05, 0) is 30.7 Å². The minimum atomic E-state index is -0.702. The Morgan fingerprint density at radius 1 is 1.29 bits per heavy atom. The zero-order chi connectivity index (χ0) is 15.4. The van der Waals surface area contributed by atoms with Gasteiger partial charge in [-0.25, -0.2) is 13.8 Å². The van der Waals surface area contributed by atoms with E-state index >= 15 is 0 Å². The molecule has 1 aromatic carbocycles. The Morgan fingerprint density at radius 3 is 2.71 bits per heavy atom. The van der Waals surface area contributed by atoms with Crippen LogP contribution >= 0.6 is 0 Å². The van der Waals surface area contributed by atoms with Crippen LogP contribution in [0.3, 0.4) is 0 Å². The Balaban J connectivity index is 2.56. The predicted octanol–water partition coefficient (Wildman–Crippen LogP) is 2.76. The van der Waals surface area contributed by atoms with Crippen molar-refractivity contribution in [3.8, 4) is 11.3 Å². The zero-order valence-electron chi connectivity index (χ0n) is 11.5. The van der Waals surface area contributed by atoms with Gasteiger partial charge in [0.25, 0.3) is 0 Å². The van der Waals surface area contributed by atoms with Crippen molar-refractivity contribution in [2.45, 2.75) is 6.92 Å². The molecule has 0 atom stereocenters. The quantitative estimate of drug-likeness (QED) is 0.493. The third-order valence-corrected chi connectivity index (χ3v) is 2.92. The second-order valence-corrected chi connectivity index (χ2v) is 4.44. The van der Waals surface area contributed by atoms with E-state index in [0.29, 0.717) is 17.7 Å². The van der Waals surface area contributed by atoms with E-state index in [2.05, 4.69) is 10.1 Å². The molecule has 0 radical (unpaired) electrons. The van der Waals surface area contributed by atoms with Gasteiger partial charge in [0.2, 0.25) is 6.41 Å². The summed E-state index contributed by atoms with van der Waals surface area (Å²) in [5, 5.41) is 4.99. The number of pyridine rings is 1. The Kier molecular flexibility index (Phi) is 4.37. The Labute approximate surface area is 120 Å². The first kappa shape index (κ1) is 14.8. The normalized spacial score (nSPS) is 10.9. The molecular weight excluding hydrogens is 276 g/mol. The molecule has 1 aromatic heterocycles. The molecule has 108 valence electrons. The van der Waals surface area contributed by atoms with Crippen LogP contribution in [0, 0.1) is 18.6 Å². The number of carbonyl (C=O) groups excluding carboxylic acids is 1. The van der Waals surface area contributed by atoms with Crippen molar-refractivity contribution in [2.75, 3.05) is 7.05 Å². The van der Waals surface area contributed by atoms with Crippen LogP contribution in [0.1, 0.15) is 11.1 Å². The molecule has 6 heteroatoms. The van der Waals surface area contributed by atoms with Gasteiger partial charge in [0.05, 0.1) is 11.9 Å². The van der Waals surface area contributed by atoms with Crippen LogP contribution in [0.2, 0.25) is 0 Å². The summed E-state index contributed by atoms with van der Waals surface area (Å²) in [7, 11) is 1.48. The first-order chi connectivity index (χ1) is 10.0. The van der Waals surface area contributed by atoms with Gasteiger partial charge in [-0.3, -0.25) is 9.78 Å². The first-order valence-corrected chi connectivity index (χ1v) is 6.16. The number of aryl methyl sites for hydroxylation is 1. The van der Waals surface area contributed by atoms with Crippen LogP contribution in [-0.2, 0) is 4.79 Å². The van der Waals surface area contributed by atoms with Crippen LogP contribution in [-0.4, -0.2) is 29.7 Å². The molecule has 0 aliphatic rings. The van der Waals surface area contributed by atoms with Gasteiger partial charge >= 0.3 is 0 Å². The highest BCUT2D eigenvalue weighted by molar-refractivity contribution is 5.90. The SMILES string of the molecule is Cc1ccnc(-c2ccc(F)cc2F)c1/C=N\N(C)C=O. The van der Waals surface area contributed by atoms with Crippen molar-refractivity contribution in [1.29, 1.82) is 0 Å². The largest absolute Gasteiger partial charge is 0.277 e. The molecule has 4 nitrogen and oxygen atoms in total. The van der Waals surface area contributed by atoms with Gasteiger partial charge in [-0.2, -0.15) is 5.10 Å². The number of amides is 1. The van der Waals surface area contributed by atoms with Crippen molar-refractivity contribution in [1.82, 2.24) is 9.99 Å². The lowest BCUT2D eigenvalue weighted by Gasteiger charge is -2.10. The van der Waals surface area contributed by atoms with Crippen LogP contribution in [0.15, 0.2) is 35.6 Å². The number of hydrogen-bond acceptors (Lipinski definition) is 3. The third kappa shape index (κ3) is 3.28. The summed E-state index contributed by atoms with van der Waals surface area (Å²) in [6.07, 6.45) is 3.50. The van der Waals surface area contributed by atoms with Gasteiger partial charge in [-0.1, -0.05) is 0 Å². The fourth-order valence-corrected chi connectivity index (χ4v) is 1.80. The molecule has 0 aliphatic carbocycles. The van der Waals surface area contributed by atoms with E-state index in [1.807, 2.05) is 6.92 Å². The minimum Gasteiger partial charge on any atom is -0.277 e. The summed E-state index contributed by atoms with van der Waals surface area (Å²) in [5.41, 5.74) is 1.90. The highest BCUT2D eigenvalue weighted by Gasteiger charge is 2.13. The maximum Gasteiger partial charge on any atom is 0.229 e. The summed E-state index contributed by atoms with van der Waals surface area (Å²) in [6, 6.07) is 5.04. The minimum absolute atomic E-state index is 0.176. The van der Waals surface area contributed by atoms with E-state index in [-0.39, 0.29) is 5.56 Å². The van der Waals surface area contributed by atoms with Gasteiger partial charge in [-0.15, -0.1) is 0 Å². The Bertz CT molecular complexity index is 701. The number of rotatable bonds is 4. The van der Waals surface area contributed by atoms with E-state index in [4.69, 9.17) is 0 Å². The molecule has 1 heterocycles. The molecule has 0 saturated heterocycles. The molecule has 2 rings (SSSR count). The van der Waals surface area contributed by atoms with Crippen LogP contribution in [0.5, 0.6) is 0 Å². The number of halogens is 2. The lowest BCUT2D eigenvalue weighted by Crippen LogP contribution is -2.08. The average Bonchev–Trinajstić information content (AvgIpc) is 2.45. The molecule has 0 fully saturated rings. The lowest BCUT2D eigenvalue weighted by atomic mass is 10.0. The van der Waals surface area contributed by atoms with E-state index < -0.39 is 11.6 Å². The molecule has 21 heavy (non-hydrogen) atoms. The van der Waals surface area contributed by atoms with Crippen molar-refractivity contribution in [2.24, 2.45) is 5.10 Å². The molecular formula is C15H13F2N3O. The fraction of sp³-hybridized carbons (Fsp3) is 0.133. The highest BCUT2D eigenvalue weighted by atomic mass is 19.1. The Hall–Kier alpha value is -2.63. The summed E-state index contributed by atoms with van der Waals surface area (Å²) in [5.74, 6) is -1.36. The lowest BCUT2D eigenvalue weighted by molar-refractivity contribution is -0.116. The summed E-state index contributed by atoms with van der Waals surface area (Å²) < 4.78 is 26.9. The molecule has 0 unspecified atom stereocenters. The van der Waals surface area contributed by atoms with Crippen LogP contribution < -0.4 is 0 Å². The van der Waals surface area contributed by atoms with Gasteiger partial charge in [0, 0.05) is 30.4 Å². The van der Waals surface area contributed by atoms with Crippen LogP contribution in [0.25, 0.3) is 11.3 Å². The molecule has 2 aromatic rings. The van der Waals surface area contributed by atoms with E-state index in [0.717, 1.165) is 16.6 Å². The van der Waals surface area contributed by atoms with Crippen molar-refractivity contribution >= 4 is 12.6 Å². The third-order valence-electron chi connectivity index (χ3n) is 2.92. The van der Waals surface area contributed by atoms with E-state index in [1.165, 1.54) is 31.6 Å². The maximum absolute atomic E-state index is 13.9. The standard InChI is InChI=1S/C15H13F2N3O/c1-10-5-6-18-15(13(10)8-19-20(2)9-21)12-4-3-11(16)7-14(12)17/h3-9H,1-2H3/b19-8-. The van der Waals surface area contributed by atoms with E-state index in [1.54, 1.807) is 6.07 Å². The predicted molar refractivity (Wildman–Crippen MR) is 75.7 cm³/mol. The first-order valence-electron chi connectivity index (χ1n) is 6.16. The Morgan fingerprint density at radius 2 is 2.05 bits per heavy atom. The van der Waals surface area contributed by atoms with Crippen molar-refractivity contribution in [3.63, 3.8) is 0 Å². The molecule has 0 spiro atoms. The van der Waals surface area contributed by atoms with Crippen molar-refractivity contribution in [3.05, 3.63) is 53.2 Å². The van der Waals surface area contributed by atoms with Gasteiger partial charge in [0.15, 0.2) is 0 Å². The number of hydrazone groups is 1. The molecule has 0 bridgehead atoms. The van der Waals surface area contributed by atoms with Crippen LogP contribution in [0.4, 0.5) is 8.78 Å². The fourth-order valence-electron chi connectivity index (χ4n) is 1.80. The van der Waals surface area contributed by atoms with Gasteiger partial charge < -0.3 is 0 Å². The molecule has 0 aliphatic heterocycles. The molecule has 0 saturated carbocycles. The second-order valence-electron chi connectivity index (χ2n) is 4.44. The maximum atomic E-state index is 13.9. The highest BCUT2D eigenvalue weighted by Crippen LogP contribution is 2.25. The number of hydrogen-bond donors (Lipinski definition) is 0. The number of benzene rings is 1. The van der Waals surface area contributed by atoms with Gasteiger partial charge in [0.1, 0.15) is 11.6 Å². The topological polar surface area (TPSA) is 45.6 Å². The number of aromatic nitrogens is 1. The zero-order valence-corrected chi connectivity index (χ0v) is 11.5. The van der Waals surface area contributed by atoms with Crippen molar-refractivity contribution < 1.29 is 13.6 Å². The smallest absolute Gasteiger partial charge is 0.229 e. The summed E-state index contributed by atoms with van der Waals surface area (Å²) in [4.78, 5) is 14.7. The number of carbonyl (C=O) groups is 1. The molecule has 1 amide bonds. The summed E-state index contributed by atoms with van der Waals surface area (Å²) >= 11 is 0. The molecule has 0 N–H and O–H groups in total.